The Bertz CT molecular complexity index is 645. The van der Waals surface area contributed by atoms with E-state index in [-0.39, 0.29) is 23.2 Å². The van der Waals surface area contributed by atoms with Gasteiger partial charge in [-0.15, -0.1) is 0 Å². The Balaban J connectivity index is 2.15. The number of anilines is 1. The van der Waals surface area contributed by atoms with E-state index in [4.69, 9.17) is 0 Å². The number of nitrogens with zero attached hydrogens (tertiary/aromatic N) is 2. The molecule has 1 aromatic carbocycles. The van der Waals surface area contributed by atoms with Crippen LogP contribution in [0.25, 0.3) is 0 Å². The van der Waals surface area contributed by atoms with Crippen LogP contribution < -0.4 is 5.32 Å². The molecule has 0 saturated carbocycles. The predicted octanol–water partition coefficient (Wildman–Crippen LogP) is 1.26. The van der Waals surface area contributed by atoms with Gasteiger partial charge in [0, 0.05) is 32.2 Å². The fourth-order valence-corrected chi connectivity index (χ4v) is 4.17. The first kappa shape index (κ1) is 15.7. The Labute approximate surface area is 124 Å². The van der Waals surface area contributed by atoms with Crippen molar-refractivity contribution >= 4 is 21.2 Å². The van der Waals surface area contributed by atoms with E-state index in [1.807, 2.05) is 6.92 Å². The molecule has 116 valence electrons. The minimum Gasteiger partial charge on any atom is -0.383 e. The van der Waals surface area contributed by atoms with Crippen LogP contribution in [0.5, 0.6) is 0 Å². The van der Waals surface area contributed by atoms with Crippen molar-refractivity contribution in [1.82, 2.24) is 4.90 Å². The van der Waals surface area contributed by atoms with E-state index in [1.165, 1.54) is 6.07 Å². The molecule has 1 heterocycles. The van der Waals surface area contributed by atoms with E-state index in [9.17, 15) is 18.5 Å². The van der Waals surface area contributed by atoms with Crippen molar-refractivity contribution < 1.29 is 13.3 Å². The first-order valence-electron chi connectivity index (χ1n) is 6.72. The van der Waals surface area contributed by atoms with Gasteiger partial charge >= 0.3 is 0 Å². The zero-order chi connectivity index (χ0) is 15.6. The number of benzene rings is 1. The molecule has 0 aliphatic carbocycles. The Morgan fingerprint density at radius 3 is 2.76 bits per heavy atom. The normalized spacial score (nSPS) is 21.9. The highest BCUT2D eigenvalue weighted by Crippen LogP contribution is 2.26. The Morgan fingerprint density at radius 1 is 1.48 bits per heavy atom. The largest absolute Gasteiger partial charge is 0.383 e. The van der Waals surface area contributed by atoms with Gasteiger partial charge in [-0.3, -0.25) is 15.0 Å². The van der Waals surface area contributed by atoms with Crippen LogP contribution >= 0.6 is 0 Å². The van der Waals surface area contributed by atoms with Crippen molar-refractivity contribution in [3.8, 4) is 0 Å². The summed E-state index contributed by atoms with van der Waals surface area (Å²) in [4.78, 5) is 12.6. The van der Waals surface area contributed by atoms with E-state index in [2.05, 4.69) is 10.2 Å². The molecule has 2 rings (SSSR count). The standard InChI is InChI=1S/C13H19N3O4S/c1-10-9-21(19,20)6-5-15(10)8-11-3-4-13(16(17)18)12(7-11)14-2/h3-4,7,10,14H,5-6,8-9H2,1-2H3. The molecule has 1 aliphatic rings. The summed E-state index contributed by atoms with van der Waals surface area (Å²) in [5.41, 5.74) is 1.43. The van der Waals surface area contributed by atoms with Gasteiger partial charge in [-0.2, -0.15) is 0 Å². The molecule has 1 unspecified atom stereocenters. The van der Waals surface area contributed by atoms with E-state index in [0.29, 0.717) is 18.8 Å². The zero-order valence-corrected chi connectivity index (χ0v) is 12.9. The molecule has 1 aliphatic heterocycles. The van der Waals surface area contributed by atoms with Crippen LogP contribution in [0.2, 0.25) is 0 Å². The molecule has 1 atom stereocenters. The lowest BCUT2D eigenvalue weighted by atomic mass is 10.1. The average Bonchev–Trinajstić information content (AvgIpc) is 2.41. The molecule has 0 bridgehead atoms. The van der Waals surface area contributed by atoms with Gasteiger partial charge < -0.3 is 5.32 Å². The minimum absolute atomic E-state index is 0.0375. The molecular weight excluding hydrogens is 294 g/mol. The molecule has 0 radical (unpaired) electrons. The molecule has 0 spiro atoms. The predicted molar refractivity (Wildman–Crippen MR) is 81.2 cm³/mol. The van der Waals surface area contributed by atoms with Gasteiger partial charge in [0.05, 0.1) is 16.4 Å². The molecule has 7 nitrogen and oxygen atoms in total. The summed E-state index contributed by atoms with van der Waals surface area (Å²) in [5, 5.41) is 13.7. The Kier molecular flexibility index (Phi) is 4.48. The van der Waals surface area contributed by atoms with Crippen molar-refractivity contribution in [2.75, 3.05) is 30.4 Å². The molecule has 1 saturated heterocycles. The lowest BCUT2D eigenvalue weighted by molar-refractivity contribution is -0.384. The fourth-order valence-electron chi connectivity index (χ4n) is 2.54. The number of hydrogen-bond acceptors (Lipinski definition) is 6. The monoisotopic (exact) mass is 313 g/mol. The van der Waals surface area contributed by atoms with Gasteiger partial charge in [-0.25, -0.2) is 8.42 Å². The maximum absolute atomic E-state index is 11.6. The topological polar surface area (TPSA) is 92.6 Å². The third-order valence-corrected chi connectivity index (χ3v) is 5.52. The Hall–Kier alpha value is -1.67. The fraction of sp³-hybridized carbons (Fsp3) is 0.538. The summed E-state index contributed by atoms with van der Waals surface area (Å²) in [6.45, 7) is 2.97. The van der Waals surface area contributed by atoms with Crippen LogP contribution in [-0.2, 0) is 16.4 Å². The number of rotatable bonds is 4. The summed E-state index contributed by atoms with van der Waals surface area (Å²) >= 11 is 0. The second-order valence-corrected chi connectivity index (χ2v) is 7.52. The van der Waals surface area contributed by atoms with Gasteiger partial charge in [0.15, 0.2) is 9.84 Å². The summed E-state index contributed by atoms with van der Waals surface area (Å²) in [5.74, 6) is 0.335. The quantitative estimate of drug-likeness (QED) is 0.664. The lowest BCUT2D eigenvalue weighted by Crippen LogP contribution is -2.46. The number of nitro benzene ring substituents is 1. The van der Waals surface area contributed by atoms with Crippen LogP contribution in [0.4, 0.5) is 11.4 Å². The SMILES string of the molecule is CNc1cc(CN2CCS(=O)(=O)CC2C)ccc1[N+](=O)[O-]. The first-order chi connectivity index (χ1) is 9.82. The molecule has 1 N–H and O–H groups in total. The maximum atomic E-state index is 11.6. The third kappa shape index (κ3) is 3.70. The van der Waals surface area contributed by atoms with Gasteiger partial charge in [0.25, 0.3) is 5.69 Å². The van der Waals surface area contributed by atoms with Crippen LogP contribution in [0, 0.1) is 10.1 Å². The van der Waals surface area contributed by atoms with Gasteiger partial charge in [-0.05, 0) is 18.6 Å². The smallest absolute Gasteiger partial charge is 0.292 e. The van der Waals surface area contributed by atoms with E-state index >= 15 is 0 Å². The molecular formula is C13H19N3O4S. The average molecular weight is 313 g/mol. The molecule has 1 aromatic rings. The second kappa shape index (κ2) is 5.98. The van der Waals surface area contributed by atoms with Gasteiger partial charge in [0.1, 0.15) is 5.69 Å². The van der Waals surface area contributed by atoms with Gasteiger partial charge in [-0.1, -0.05) is 6.07 Å². The highest BCUT2D eigenvalue weighted by atomic mass is 32.2. The number of nitrogens with one attached hydrogen (secondary N) is 1. The van der Waals surface area contributed by atoms with Crippen molar-refractivity contribution in [2.45, 2.75) is 19.5 Å². The van der Waals surface area contributed by atoms with Crippen LogP contribution in [-0.4, -0.2) is 49.4 Å². The first-order valence-corrected chi connectivity index (χ1v) is 8.54. The zero-order valence-electron chi connectivity index (χ0n) is 12.1. The van der Waals surface area contributed by atoms with E-state index < -0.39 is 14.8 Å². The minimum atomic E-state index is -2.93. The van der Waals surface area contributed by atoms with E-state index in [1.54, 1.807) is 19.2 Å². The van der Waals surface area contributed by atoms with Gasteiger partial charge in [0.2, 0.25) is 0 Å². The van der Waals surface area contributed by atoms with Crippen LogP contribution in [0.15, 0.2) is 18.2 Å². The molecule has 21 heavy (non-hydrogen) atoms. The summed E-state index contributed by atoms with van der Waals surface area (Å²) in [6, 6.07) is 4.90. The summed E-state index contributed by atoms with van der Waals surface area (Å²) < 4.78 is 23.1. The summed E-state index contributed by atoms with van der Waals surface area (Å²) in [7, 11) is -1.29. The van der Waals surface area contributed by atoms with Crippen molar-refractivity contribution in [3.63, 3.8) is 0 Å². The Morgan fingerprint density at radius 2 is 2.19 bits per heavy atom. The maximum Gasteiger partial charge on any atom is 0.292 e. The lowest BCUT2D eigenvalue weighted by Gasteiger charge is -2.33. The van der Waals surface area contributed by atoms with Crippen LogP contribution in [0.3, 0.4) is 0 Å². The number of hydrogen-bond donors (Lipinski definition) is 1. The van der Waals surface area contributed by atoms with Crippen molar-refractivity contribution in [3.05, 3.63) is 33.9 Å². The molecule has 1 fully saturated rings. The highest BCUT2D eigenvalue weighted by molar-refractivity contribution is 7.91. The number of sulfone groups is 1. The molecule has 0 aromatic heterocycles. The van der Waals surface area contributed by atoms with Crippen molar-refractivity contribution in [1.29, 1.82) is 0 Å². The second-order valence-electron chi connectivity index (χ2n) is 5.29. The van der Waals surface area contributed by atoms with E-state index in [0.717, 1.165) is 5.56 Å². The van der Waals surface area contributed by atoms with Crippen LogP contribution in [0.1, 0.15) is 12.5 Å². The summed E-state index contributed by atoms with van der Waals surface area (Å²) in [6.07, 6.45) is 0. The van der Waals surface area contributed by atoms with Crippen molar-refractivity contribution in [2.24, 2.45) is 0 Å². The molecule has 0 amide bonds. The number of nitro groups is 1. The highest BCUT2D eigenvalue weighted by Gasteiger charge is 2.28. The molecule has 8 heteroatoms. The third-order valence-electron chi connectivity index (χ3n) is 3.72.